The molecule has 10 aromatic rings. The molecule has 5 heteroatoms. The summed E-state index contributed by atoms with van der Waals surface area (Å²) >= 11 is 0. The van der Waals surface area contributed by atoms with E-state index in [0.29, 0.717) is 17.6 Å². The Morgan fingerprint density at radius 3 is 1.54 bits per heavy atom. The molecule has 268 valence electrons. The first-order valence-corrected chi connectivity index (χ1v) is 19.2. The lowest BCUT2D eigenvalue weighted by atomic mass is 9.62. The molecular weight excluding hydrogens is 697 g/mol. The maximum atomic E-state index is 6.21. The maximum absolute atomic E-state index is 6.21. The fourth-order valence-electron chi connectivity index (χ4n) is 8.67. The van der Waals surface area contributed by atoms with Gasteiger partial charge in [-0.15, -0.1) is 0 Å². The number of nitrogens with zero attached hydrogens (tertiary/aromatic N) is 4. The number of benzene rings is 8. The normalized spacial score (nSPS) is 13.0. The number of anilines is 3. The summed E-state index contributed by atoms with van der Waals surface area (Å²) in [6, 6.07) is 72.4. The monoisotopic (exact) mass is 730 g/mol. The van der Waals surface area contributed by atoms with E-state index in [1.807, 2.05) is 72.8 Å². The highest BCUT2D eigenvalue weighted by atomic mass is 16.3. The topological polar surface area (TPSA) is 55.1 Å². The van der Waals surface area contributed by atoms with Crippen LogP contribution in [0.5, 0.6) is 0 Å². The first-order valence-electron chi connectivity index (χ1n) is 19.2. The summed E-state index contributed by atoms with van der Waals surface area (Å²) in [5, 5.41) is 2.23. The Bertz CT molecular complexity index is 2980. The maximum Gasteiger partial charge on any atom is 0.238 e. The van der Waals surface area contributed by atoms with E-state index in [-0.39, 0.29) is 0 Å². The largest absolute Gasteiger partial charge is 0.456 e. The van der Waals surface area contributed by atoms with Crippen molar-refractivity contribution >= 4 is 39.3 Å². The van der Waals surface area contributed by atoms with E-state index < -0.39 is 5.41 Å². The summed E-state index contributed by atoms with van der Waals surface area (Å²) < 4.78 is 6.21. The average Bonchev–Trinajstić information content (AvgIpc) is 3.67. The third-order valence-electron chi connectivity index (χ3n) is 11.2. The van der Waals surface area contributed by atoms with Crippen LogP contribution in [0.15, 0.2) is 211 Å². The van der Waals surface area contributed by atoms with Crippen LogP contribution >= 0.6 is 0 Å². The summed E-state index contributed by atoms with van der Waals surface area (Å²) in [7, 11) is 0. The Morgan fingerprint density at radius 2 is 0.877 bits per heavy atom. The van der Waals surface area contributed by atoms with E-state index in [4.69, 9.17) is 19.4 Å². The van der Waals surface area contributed by atoms with Crippen molar-refractivity contribution in [3.63, 3.8) is 0 Å². The minimum atomic E-state index is -0.690. The summed E-state index contributed by atoms with van der Waals surface area (Å²) in [5.41, 5.74) is 11.8. The van der Waals surface area contributed by atoms with Crippen molar-refractivity contribution in [2.45, 2.75) is 5.41 Å². The molecule has 8 aromatic carbocycles. The average molecular weight is 731 g/mol. The van der Waals surface area contributed by atoms with Crippen LogP contribution in [-0.2, 0) is 5.41 Å². The number of furan rings is 1. The predicted octanol–water partition coefficient (Wildman–Crippen LogP) is 12.9. The fourth-order valence-corrected chi connectivity index (χ4v) is 8.67. The highest BCUT2D eigenvalue weighted by Gasteiger charge is 2.47. The van der Waals surface area contributed by atoms with Crippen molar-refractivity contribution < 1.29 is 4.42 Å². The molecule has 1 aliphatic heterocycles. The SMILES string of the molecule is c1ccc(-c2nc(-c3ccccc3)nc(N3c4ccccc4C(c4ccccc4)(c4cccc(-c5ccc6oc7ccccc7c6c5)c4)c4ccccc43)n2)cc1. The molecule has 0 saturated heterocycles. The van der Waals surface area contributed by atoms with E-state index >= 15 is 0 Å². The smallest absolute Gasteiger partial charge is 0.238 e. The van der Waals surface area contributed by atoms with Gasteiger partial charge in [0, 0.05) is 21.9 Å². The van der Waals surface area contributed by atoms with Crippen molar-refractivity contribution in [2.24, 2.45) is 0 Å². The Morgan fingerprint density at radius 1 is 0.368 bits per heavy atom. The van der Waals surface area contributed by atoms with Gasteiger partial charge in [0.1, 0.15) is 11.2 Å². The lowest BCUT2D eigenvalue weighted by Crippen LogP contribution is -2.38. The Labute approximate surface area is 330 Å². The fraction of sp³-hybridized carbons (Fsp3) is 0.0192. The van der Waals surface area contributed by atoms with Crippen LogP contribution in [0.2, 0.25) is 0 Å². The molecule has 11 rings (SSSR count). The second kappa shape index (κ2) is 13.3. The lowest BCUT2D eigenvalue weighted by Gasteiger charge is -2.45. The highest BCUT2D eigenvalue weighted by Crippen LogP contribution is 2.57. The van der Waals surface area contributed by atoms with Gasteiger partial charge in [-0.25, -0.2) is 4.98 Å². The minimum absolute atomic E-state index is 0.554. The van der Waals surface area contributed by atoms with Crippen molar-refractivity contribution in [1.29, 1.82) is 0 Å². The van der Waals surface area contributed by atoms with Crippen LogP contribution in [0.25, 0.3) is 55.8 Å². The number of para-hydroxylation sites is 3. The molecule has 1 aliphatic rings. The molecule has 0 spiro atoms. The molecule has 0 atom stereocenters. The quantitative estimate of drug-likeness (QED) is 0.170. The molecule has 3 heterocycles. The number of fused-ring (bicyclic) bond motifs is 5. The molecule has 0 saturated carbocycles. The van der Waals surface area contributed by atoms with Gasteiger partial charge >= 0.3 is 0 Å². The van der Waals surface area contributed by atoms with Crippen LogP contribution in [0.1, 0.15) is 22.3 Å². The first-order chi connectivity index (χ1) is 28.3. The molecule has 0 bridgehead atoms. The predicted molar refractivity (Wildman–Crippen MR) is 230 cm³/mol. The van der Waals surface area contributed by atoms with Crippen molar-refractivity contribution in [1.82, 2.24) is 15.0 Å². The van der Waals surface area contributed by atoms with E-state index in [2.05, 4.69) is 138 Å². The van der Waals surface area contributed by atoms with Gasteiger partial charge in [-0.1, -0.05) is 170 Å². The minimum Gasteiger partial charge on any atom is -0.456 e. The zero-order valence-corrected chi connectivity index (χ0v) is 30.8. The van der Waals surface area contributed by atoms with Gasteiger partial charge in [-0.2, -0.15) is 9.97 Å². The molecule has 0 amide bonds. The second-order valence-electron chi connectivity index (χ2n) is 14.4. The summed E-state index contributed by atoms with van der Waals surface area (Å²) in [6.07, 6.45) is 0. The van der Waals surface area contributed by atoms with Crippen molar-refractivity contribution in [2.75, 3.05) is 4.90 Å². The molecule has 0 fully saturated rings. The number of rotatable bonds is 6. The van der Waals surface area contributed by atoms with Crippen LogP contribution in [0.3, 0.4) is 0 Å². The Hall–Kier alpha value is -7.63. The lowest BCUT2D eigenvalue weighted by molar-refractivity contribution is 0.669. The molecule has 5 nitrogen and oxygen atoms in total. The second-order valence-corrected chi connectivity index (χ2v) is 14.4. The van der Waals surface area contributed by atoms with Crippen LogP contribution in [0.4, 0.5) is 17.3 Å². The highest BCUT2D eigenvalue weighted by molar-refractivity contribution is 6.06. The van der Waals surface area contributed by atoms with Gasteiger partial charge in [-0.05, 0) is 69.8 Å². The van der Waals surface area contributed by atoms with Crippen LogP contribution in [0, 0.1) is 0 Å². The standard InChI is InChI=1S/C52H34N4O/c1-4-17-35(18-5-1)49-53-50(36-19-6-2-7-20-36)55-51(54-49)56-45-28-13-11-26-43(45)52(39-22-8-3-9-23-39,44-27-12-14-29-46(44)56)40-24-16-21-37(33-40)38-31-32-48-42(34-38)41-25-10-15-30-47(41)57-48/h1-34H. The van der Waals surface area contributed by atoms with Gasteiger partial charge in [0.2, 0.25) is 5.95 Å². The van der Waals surface area contributed by atoms with E-state index in [1.54, 1.807) is 0 Å². The van der Waals surface area contributed by atoms with Crippen LogP contribution < -0.4 is 4.90 Å². The van der Waals surface area contributed by atoms with Gasteiger partial charge in [0.05, 0.1) is 16.8 Å². The molecular formula is C52H34N4O. The molecule has 57 heavy (non-hydrogen) atoms. The van der Waals surface area contributed by atoms with E-state index in [9.17, 15) is 0 Å². The number of hydrogen-bond acceptors (Lipinski definition) is 5. The van der Waals surface area contributed by atoms with Crippen molar-refractivity contribution in [3.05, 3.63) is 229 Å². The Balaban J connectivity index is 1.16. The first kappa shape index (κ1) is 32.8. The molecule has 0 unspecified atom stereocenters. The van der Waals surface area contributed by atoms with Gasteiger partial charge in [0.25, 0.3) is 0 Å². The summed E-state index contributed by atoms with van der Waals surface area (Å²) in [4.78, 5) is 17.7. The molecule has 0 N–H and O–H groups in total. The molecule has 2 aromatic heterocycles. The molecule has 0 aliphatic carbocycles. The van der Waals surface area contributed by atoms with Gasteiger partial charge < -0.3 is 4.42 Å². The Kier molecular flexibility index (Phi) is 7.64. The number of aromatic nitrogens is 3. The third kappa shape index (κ3) is 5.28. The zero-order valence-electron chi connectivity index (χ0n) is 30.8. The van der Waals surface area contributed by atoms with E-state index in [0.717, 1.165) is 72.3 Å². The summed E-state index contributed by atoms with van der Waals surface area (Å²) in [6.45, 7) is 0. The van der Waals surface area contributed by atoms with Gasteiger partial charge in [0.15, 0.2) is 11.6 Å². The zero-order chi connectivity index (χ0) is 37.8. The van der Waals surface area contributed by atoms with Crippen molar-refractivity contribution in [3.8, 4) is 33.9 Å². The van der Waals surface area contributed by atoms with Crippen LogP contribution in [-0.4, -0.2) is 15.0 Å². The third-order valence-corrected chi connectivity index (χ3v) is 11.2. The number of hydrogen-bond donors (Lipinski definition) is 0. The van der Waals surface area contributed by atoms with Gasteiger partial charge in [-0.3, -0.25) is 4.90 Å². The molecule has 0 radical (unpaired) electrons. The summed E-state index contributed by atoms with van der Waals surface area (Å²) in [5.74, 6) is 1.78. The van der Waals surface area contributed by atoms with E-state index in [1.165, 1.54) is 5.56 Å².